The molecule has 168 valence electrons. The Morgan fingerprint density at radius 2 is 1.62 bits per heavy atom. The number of para-hydroxylation sites is 1. The van der Waals surface area contributed by atoms with E-state index in [0.717, 1.165) is 10.5 Å². The van der Waals surface area contributed by atoms with Gasteiger partial charge in [-0.25, -0.2) is 8.42 Å². The highest BCUT2D eigenvalue weighted by atomic mass is 32.2. The number of ether oxygens (including phenoxy) is 2. The molecular weight excluding hydrogens is 448 g/mol. The third kappa shape index (κ3) is 5.95. The summed E-state index contributed by atoms with van der Waals surface area (Å²) >= 11 is 1.35. The SMILES string of the molecule is COc1ccc(SCC(=O)Nc2ccc(S(=O)(=O)Nc3ccccc3C)cc2)cc1OC. The number of anilines is 2. The summed E-state index contributed by atoms with van der Waals surface area (Å²) in [6.07, 6.45) is 0. The molecule has 0 aliphatic heterocycles. The number of amides is 1. The van der Waals surface area contributed by atoms with Gasteiger partial charge in [0.15, 0.2) is 11.5 Å². The van der Waals surface area contributed by atoms with Crippen LogP contribution in [0.2, 0.25) is 0 Å². The number of hydrogen-bond donors (Lipinski definition) is 2. The van der Waals surface area contributed by atoms with E-state index < -0.39 is 10.0 Å². The number of sulfonamides is 1. The summed E-state index contributed by atoms with van der Waals surface area (Å²) in [5, 5.41) is 2.77. The van der Waals surface area contributed by atoms with Crippen LogP contribution in [0, 0.1) is 6.92 Å². The van der Waals surface area contributed by atoms with Gasteiger partial charge in [0.1, 0.15) is 0 Å². The van der Waals surface area contributed by atoms with E-state index in [9.17, 15) is 13.2 Å². The summed E-state index contributed by atoms with van der Waals surface area (Å²) in [4.78, 5) is 13.3. The van der Waals surface area contributed by atoms with Crippen molar-refractivity contribution in [3.8, 4) is 11.5 Å². The summed E-state index contributed by atoms with van der Waals surface area (Å²) < 4.78 is 38.3. The van der Waals surface area contributed by atoms with E-state index in [1.807, 2.05) is 25.1 Å². The van der Waals surface area contributed by atoms with Crippen LogP contribution in [0.1, 0.15) is 5.56 Å². The Morgan fingerprint density at radius 1 is 0.938 bits per heavy atom. The molecule has 0 saturated heterocycles. The second-order valence-corrected chi connectivity index (χ2v) is 9.53. The third-order valence-corrected chi connectivity index (χ3v) is 6.94. The molecule has 0 unspecified atom stereocenters. The summed E-state index contributed by atoms with van der Waals surface area (Å²) in [6.45, 7) is 1.83. The second kappa shape index (κ2) is 10.4. The van der Waals surface area contributed by atoms with Gasteiger partial charge in [0.25, 0.3) is 10.0 Å². The molecule has 3 rings (SSSR count). The van der Waals surface area contributed by atoms with Crippen LogP contribution < -0.4 is 19.5 Å². The van der Waals surface area contributed by atoms with Gasteiger partial charge in [0.2, 0.25) is 5.91 Å². The van der Waals surface area contributed by atoms with E-state index >= 15 is 0 Å². The van der Waals surface area contributed by atoms with Crippen molar-refractivity contribution in [3.63, 3.8) is 0 Å². The zero-order valence-corrected chi connectivity index (χ0v) is 19.5. The summed E-state index contributed by atoms with van der Waals surface area (Å²) in [6, 6.07) is 18.6. The molecule has 0 spiro atoms. The van der Waals surface area contributed by atoms with Crippen molar-refractivity contribution < 1.29 is 22.7 Å². The van der Waals surface area contributed by atoms with Gasteiger partial charge >= 0.3 is 0 Å². The van der Waals surface area contributed by atoms with Crippen LogP contribution in [0.4, 0.5) is 11.4 Å². The van der Waals surface area contributed by atoms with E-state index in [2.05, 4.69) is 10.0 Å². The van der Waals surface area contributed by atoms with Crippen molar-refractivity contribution in [2.45, 2.75) is 16.7 Å². The van der Waals surface area contributed by atoms with E-state index in [-0.39, 0.29) is 16.6 Å². The summed E-state index contributed by atoms with van der Waals surface area (Å²) in [5.74, 6) is 1.19. The quantitative estimate of drug-likeness (QED) is 0.444. The largest absolute Gasteiger partial charge is 0.493 e. The van der Waals surface area contributed by atoms with Crippen LogP contribution in [0.5, 0.6) is 11.5 Å². The molecule has 3 aromatic carbocycles. The van der Waals surface area contributed by atoms with Crippen molar-refractivity contribution in [1.82, 2.24) is 0 Å². The standard InChI is InChI=1S/C23H24N2O5S2/c1-16-6-4-5-7-20(16)25-32(27,28)19-11-8-17(9-12-19)24-23(26)15-31-18-10-13-21(29-2)22(14-18)30-3/h4-14,25H,15H2,1-3H3,(H,24,26). The van der Waals surface area contributed by atoms with Crippen molar-refractivity contribution in [2.24, 2.45) is 0 Å². The Labute approximate surface area is 192 Å². The Hall–Kier alpha value is -3.17. The molecule has 0 aromatic heterocycles. The van der Waals surface area contributed by atoms with Crippen LogP contribution >= 0.6 is 11.8 Å². The molecule has 2 N–H and O–H groups in total. The van der Waals surface area contributed by atoms with Gasteiger partial charge in [-0.2, -0.15) is 0 Å². The van der Waals surface area contributed by atoms with Gasteiger partial charge in [-0.1, -0.05) is 18.2 Å². The van der Waals surface area contributed by atoms with Crippen LogP contribution in [0.15, 0.2) is 76.5 Å². The van der Waals surface area contributed by atoms with Crippen molar-refractivity contribution in [1.29, 1.82) is 0 Å². The van der Waals surface area contributed by atoms with Crippen molar-refractivity contribution in [2.75, 3.05) is 30.0 Å². The molecule has 0 atom stereocenters. The zero-order valence-electron chi connectivity index (χ0n) is 17.9. The van der Waals surface area contributed by atoms with E-state index in [4.69, 9.17) is 9.47 Å². The van der Waals surface area contributed by atoms with Gasteiger partial charge in [-0.15, -0.1) is 11.8 Å². The molecular formula is C23H24N2O5S2. The molecule has 0 aliphatic rings. The highest BCUT2D eigenvalue weighted by molar-refractivity contribution is 8.00. The molecule has 3 aromatic rings. The maximum Gasteiger partial charge on any atom is 0.261 e. The van der Waals surface area contributed by atoms with Gasteiger partial charge in [-0.05, 0) is 61.0 Å². The number of carbonyl (C=O) groups is 1. The van der Waals surface area contributed by atoms with E-state index in [1.165, 1.54) is 23.9 Å². The second-order valence-electron chi connectivity index (χ2n) is 6.80. The molecule has 0 heterocycles. The van der Waals surface area contributed by atoms with Gasteiger partial charge in [0, 0.05) is 10.6 Å². The highest BCUT2D eigenvalue weighted by Gasteiger charge is 2.15. The van der Waals surface area contributed by atoms with Gasteiger partial charge < -0.3 is 14.8 Å². The number of hydrogen-bond acceptors (Lipinski definition) is 6. The molecule has 0 radical (unpaired) electrons. The Balaban J connectivity index is 1.59. The maximum absolute atomic E-state index is 12.6. The fourth-order valence-electron chi connectivity index (χ4n) is 2.86. The third-order valence-electron chi connectivity index (χ3n) is 4.56. The predicted molar refractivity (Wildman–Crippen MR) is 127 cm³/mol. The summed E-state index contributed by atoms with van der Waals surface area (Å²) in [5.41, 5.74) is 1.86. The summed E-state index contributed by atoms with van der Waals surface area (Å²) in [7, 11) is -0.611. The fraction of sp³-hybridized carbons (Fsp3) is 0.174. The smallest absolute Gasteiger partial charge is 0.261 e. The number of thioether (sulfide) groups is 1. The molecule has 0 aliphatic carbocycles. The minimum Gasteiger partial charge on any atom is -0.493 e. The normalized spacial score (nSPS) is 11.0. The maximum atomic E-state index is 12.6. The minimum absolute atomic E-state index is 0.110. The first-order chi connectivity index (χ1) is 15.3. The Kier molecular flexibility index (Phi) is 7.66. The number of methoxy groups -OCH3 is 2. The monoisotopic (exact) mass is 472 g/mol. The first-order valence-electron chi connectivity index (χ1n) is 9.65. The lowest BCUT2D eigenvalue weighted by atomic mass is 10.2. The van der Waals surface area contributed by atoms with Crippen molar-refractivity contribution >= 4 is 39.1 Å². The fourth-order valence-corrected chi connectivity index (χ4v) is 4.72. The van der Waals surface area contributed by atoms with Crippen LogP contribution in [0.25, 0.3) is 0 Å². The zero-order chi connectivity index (χ0) is 23.1. The van der Waals surface area contributed by atoms with Crippen LogP contribution in [-0.4, -0.2) is 34.3 Å². The van der Waals surface area contributed by atoms with E-state index in [0.29, 0.717) is 22.9 Å². The average molecular weight is 473 g/mol. The molecule has 0 saturated carbocycles. The Bertz CT molecular complexity index is 1200. The lowest BCUT2D eigenvalue weighted by Crippen LogP contribution is -2.15. The first-order valence-corrected chi connectivity index (χ1v) is 12.1. The topological polar surface area (TPSA) is 93.7 Å². The lowest BCUT2D eigenvalue weighted by Gasteiger charge is -2.11. The van der Waals surface area contributed by atoms with Crippen molar-refractivity contribution in [3.05, 3.63) is 72.3 Å². The molecule has 0 bridgehead atoms. The molecule has 7 nitrogen and oxygen atoms in total. The molecule has 1 amide bonds. The number of carbonyl (C=O) groups excluding carboxylic acids is 1. The lowest BCUT2D eigenvalue weighted by molar-refractivity contribution is -0.113. The van der Waals surface area contributed by atoms with Gasteiger partial charge in [-0.3, -0.25) is 9.52 Å². The van der Waals surface area contributed by atoms with Gasteiger partial charge in [0.05, 0.1) is 30.6 Å². The molecule has 0 fully saturated rings. The predicted octanol–water partition coefficient (Wildman–Crippen LogP) is 4.54. The van der Waals surface area contributed by atoms with E-state index in [1.54, 1.807) is 50.6 Å². The van der Waals surface area contributed by atoms with Crippen LogP contribution in [0.3, 0.4) is 0 Å². The Morgan fingerprint density at radius 3 is 2.28 bits per heavy atom. The highest BCUT2D eigenvalue weighted by Crippen LogP contribution is 2.32. The first kappa shape index (κ1) is 23.5. The average Bonchev–Trinajstić information content (AvgIpc) is 2.79. The molecule has 32 heavy (non-hydrogen) atoms. The number of benzene rings is 3. The number of rotatable bonds is 9. The minimum atomic E-state index is -3.73. The number of aryl methyl sites for hydroxylation is 1. The molecule has 9 heteroatoms. The van der Waals surface area contributed by atoms with Crippen LogP contribution in [-0.2, 0) is 14.8 Å². The number of nitrogens with one attached hydrogen (secondary N) is 2.